The summed E-state index contributed by atoms with van der Waals surface area (Å²) in [6.07, 6.45) is 30.6. The number of ether oxygens (including phenoxy) is 2. The average molecular weight is 892 g/mol. The van der Waals surface area contributed by atoms with E-state index in [1.54, 1.807) is 0 Å². The summed E-state index contributed by atoms with van der Waals surface area (Å²) in [5.41, 5.74) is 0. The van der Waals surface area contributed by atoms with E-state index in [4.69, 9.17) is 9.47 Å². The monoisotopic (exact) mass is 892 g/mol. The van der Waals surface area contributed by atoms with Crippen LogP contribution in [0.5, 0.6) is 0 Å². The van der Waals surface area contributed by atoms with Gasteiger partial charge in [-0.3, -0.25) is 9.35 Å². The molecule has 13 nitrogen and oxygen atoms in total. The largest absolute Gasteiger partial charge is 0.397 e. The second-order valence-corrected chi connectivity index (χ2v) is 18.2. The van der Waals surface area contributed by atoms with Gasteiger partial charge in [-0.15, -0.1) is 0 Å². The van der Waals surface area contributed by atoms with Crippen molar-refractivity contribution in [1.82, 2.24) is 5.32 Å². The van der Waals surface area contributed by atoms with E-state index in [9.17, 15) is 43.3 Å². The van der Waals surface area contributed by atoms with E-state index in [2.05, 4.69) is 47.7 Å². The zero-order valence-electron chi connectivity index (χ0n) is 38.1. The normalized spacial score (nSPS) is 21.3. The van der Waals surface area contributed by atoms with Gasteiger partial charge in [0.15, 0.2) is 6.29 Å². The summed E-state index contributed by atoms with van der Waals surface area (Å²) >= 11 is 0. The number of aliphatic hydroxyl groups is 5. The highest BCUT2D eigenvalue weighted by atomic mass is 32.3. The topological polar surface area (TPSA) is 212 Å². The molecular weight excluding hydrogens is 803 g/mol. The van der Waals surface area contributed by atoms with Crippen molar-refractivity contribution in [2.75, 3.05) is 13.2 Å². The number of aliphatic hydroxyl groups excluding tert-OH is 5. The van der Waals surface area contributed by atoms with Crippen molar-refractivity contribution in [2.24, 2.45) is 0 Å². The number of amides is 1. The fourth-order valence-electron chi connectivity index (χ4n) is 7.73. The van der Waals surface area contributed by atoms with Gasteiger partial charge in [0, 0.05) is 0 Å². The fraction of sp³-hybridized carbons (Fsp3) is 0.894. The van der Waals surface area contributed by atoms with E-state index in [-0.39, 0.29) is 6.42 Å². The van der Waals surface area contributed by atoms with Crippen molar-refractivity contribution < 1.29 is 57.0 Å². The summed E-state index contributed by atoms with van der Waals surface area (Å²) in [5.74, 6) is -0.677. The van der Waals surface area contributed by atoms with Crippen molar-refractivity contribution in [3.8, 4) is 0 Å². The molecule has 0 spiro atoms. The van der Waals surface area contributed by atoms with Crippen LogP contribution in [0.3, 0.4) is 0 Å². The van der Waals surface area contributed by atoms with Gasteiger partial charge in [-0.25, -0.2) is 4.18 Å². The summed E-state index contributed by atoms with van der Waals surface area (Å²) < 4.78 is 47.6. The molecule has 1 aliphatic rings. The van der Waals surface area contributed by atoms with Crippen molar-refractivity contribution in [3.05, 3.63) is 24.3 Å². The molecule has 8 atom stereocenters. The Morgan fingerprint density at radius 1 is 0.656 bits per heavy atom. The van der Waals surface area contributed by atoms with Crippen LogP contribution in [-0.2, 0) is 28.9 Å². The maximum atomic E-state index is 13.1. The van der Waals surface area contributed by atoms with Crippen LogP contribution < -0.4 is 5.32 Å². The molecule has 8 unspecified atom stereocenters. The first-order chi connectivity index (χ1) is 29.4. The number of carbonyl (C=O) groups excluding carboxylic acids is 1. The Morgan fingerprint density at radius 3 is 1.59 bits per heavy atom. The highest BCUT2D eigenvalue weighted by molar-refractivity contribution is 7.80. The highest BCUT2D eigenvalue weighted by Crippen LogP contribution is 2.26. The average Bonchev–Trinajstić information content (AvgIpc) is 3.23. The second-order valence-electron chi connectivity index (χ2n) is 17.2. The van der Waals surface area contributed by atoms with Gasteiger partial charge in [0.2, 0.25) is 5.91 Å². The van der Waals surface area contributed by atoms with Gasteiger partial charge in [0.1, 0.15) is 30.5 Å². The minimum absolute atomic E-state index is 0.249. The minimum Gasteiger partial charge on any atom is -0.394 e. The third-order valence-corrected chi connectivity index (χ3v) is 12.1. The van der Waals surface area contributed by atoms with Gasteiger partial charge in [-0.2, -0.15) is 8.42 Å². The van der Waals surface area contributed by atoms with Crippen LogP contribution in [-0.4, -0.2) is 107 Å². The molecule has 1 saturated heterocycles. The second kappa shape index (κ2) is 37.9. The molecule has 7 N–H and O–H groups in total. The van der Waals surface area contributed by atoms with Crippen LogP contribution in [0.15, 0.2) is 24.3 Å². The highest BCUT2D eigenvalue weighted by Gasteiger charge is 2.48. The van der Waals surface area contributed by atoms with E-state index in [1.165, 1.54) is 96.3 Å². The summed E-state index contributed by atoms with van der Waals surface area (Å²) in [6, 6.07) is -1.04. The fourth-order valence-corrected chi connectivity index (χ4v) is 8.24. The molecule has 1 aliphatic heterocycles. The quantitative estimate of drug-likeness (QED) is 0.0175. The van der Waals surface area contributed by atoms with Gasteiger partial charge < -0.3 is 40.3 Å². The SMILES string of the molecule is CCCCC/C=C\C/C=C\CCCCCCCCC(O)C(=O)NC(COC1OC(CO)C(O)C(OS(=O)(=O)O)C1O)C(O)CCCCCCCCCCCCCCCCCC. The lowest BCUT2D eigenvalue weighted by Crippen LogP contribution is -2.61. The molecule has 14 heteroatoms. The number of unbranched alkanes of at least 4 members (excludes halogenated alkanes) is 24. The standard InChI is InChI=1S/C47H89NO12S/c1-3-5-7-9-11-13-15-17-19-21-23-25-27-29-31-33-35-40(50)39(38-58-47-44(53)45(60-61(55,56)57)43(52)42(37-49)59-47)48-46(54)41(51)36-34-32-30-28-26-24-22-20-18-16-14-12-10-8-6-4-2/h12,14,18,20,39-45,47,49-53H,3-11,13,15-17,19,21-38H2,1-2H3,(H,48,54)(H,55,56,57)/b14-12-,20-18-. The lowest BCUT2D eigenvalue weighted by molar-refractivity contribution is -0.298. The Kier molecular flexibility index (Phi) is 35.7. The third-order valence-electron chi connectivity index (χ3n) is 11.6. The van der Waals surface area contributed by atoms with E-state index >= 15 is 0 Å². The zero-order valence-corrected chi connectivity index (χ0v) is 38.9. The number of carbonyl (C=O) groups is 1. The first kappa shape index (κ1) is 57.6. The van der Waals surface area contributed by atoms with Crippen molar-refractivity contribution >= 4 is 16.3 Å². The molecule has 0 radical (unpaired) electrons. The first-order valence-corrected chi connectivity index (χ1v) is 25.7. The Hall–Kier alpha value is -1.46. The van der Waals surface area contributed by atoms with E-state index in [0.29, 0.717) is 19.3 Å². The Labute approximate surface area is 370 Å². The van der Waals surface area contributed by atoms with Crippen LogP contribution in [0.4, 0.5) is 0 Å². The number of hydrogen-bond acceptors (Lipinski definition) is 11. The molecule has 360 valence electrons. The maximum absolute atomic E-state index is 13.1. The molecule has 0 aromatic carbocycles. The van der Waals surface area contributed by atoms with Gasteiger partial charge >= 0.3 is 10.4 Å². The van der Waals surface area contributed by atoms with Crippen LogP contribution >= 0.6 is 0 Å². The summed E-state index contributed by atoms with van der Waals surface area (Å²) in [5, 5.41) is 55.4. The van der Waals surface area contributed by atoms with Crippen LogP contribution in [0.1, 0.15) is 206 Å². The van der Waals surface area contributed by atoms with Crippen molar-refractivity contribution in [3.63, 3.8) is 0 Å². The molecule has 1 heterocycles. The molecule has 0 aromatic rings. The third kappa shape index (κ3) is 30.3. The number of hydrogen-bond donors (Lipinski definition) is 7. The minimum atomic E-state index is -5.11. The van der Waals surface area contributed by atoms with Crippen LogP contribution in [0.2, 0.25) is 0 Å². The number of nitrogens with one attached hydrogen (secondary N) is 1. The Balaban J connectivity index is 2.54. The summed E-state index contributed by atoms with van der Waals surface area (Å²) in [6.45, 7) is 3.25. The lowest BCUT2D eigenvalue weighted by atomic mass is 9.99. The number of rotatable bonds is 41. The molecule has 0 saturated carbocycles. The summed E-state index contributed by atoms with van der Waals surface area (Å²) in [7, 11) is -5.11. The predicted molar refractivity (Wildman–Crippen MR) is 242 cm³/mol. The van der Waals surface area contributed by atoms with Crippen molar-refractivity contribution in [1.29, 1.82) is 0 Å². The first-order valence-electron chi connectivity index (χ1n) is 24.3. The van der Waals surface area contributed by atoms with Crippen LogP contribution in [0, 0.1) is 0 Å². The van der Waals surface area contributed by atoms with E-state index in [0.717, 1.165) is 70.6 Å². The number of allylic oxidation sites excluding steroid dienone is 4. The van der Waals surface area contributed by atoms with Gasteiger partial charge in [-0.1, -0.05) is 186 Å². The van der Waals surface area contributed by atoms with E-state index < -0.39 is 78.5 Å². The molecule has 0 aliphatic carbocycles. The van der Waals surface area contributed by atoms with E-state index in [1.807, 2.05) is 0 Å². The Bertz CT molecular complexity index is 1200. The smallest absolute Gasteiger partial charge is 0.394 e. The van der Waals surface area contributed by atoms with Gasteiger partial charge in [-0.05, 0) is 44.9 Å². The molecule has 1 rings (SSSR count). The van der Waals surface area contributed by atoms with Crippen LogP contribution in [0.25, 0.3) is 0 Å². The van der Waals surface area contributed by atoms with Gasteiger partial charge in [0.25, 0.3) is 0 Å². The molecule has 0 bridgehead atoms. The zero-order chi connectivity index (χ0) is 45.0. The molecule has 1 amide bonds. The molecule has 1 fully saturated rings. The molecule has 61 heavy (non-hydrogen) atoms. The maximum Gasteiger partial charge on any atom is 0.397 e. The molecular formula is C47H89NO12S. The summed E-state index contributed by atoms with van der Waals surface area (Å²) in [4.78, 5) is 13.1. The lowest BCUT2D eigenvalue weighted by Gasteiger charge is -2.41. The van der Waals surface area contributed by atoms with Gasteiger partial charge in [0.05, 0.1) is 25.4 Å². The predicted octanol–water partition coefficient (Wildman–Crippen LogP) is 8.69. The van der Waals surface area contributed by atoms with Crippen molar-refractivity contribution in [2.45, 2.75) is 255 Å². The molecule has 0 aromatic heterocycles. The Morgan fingerprint density at radius 2 is 1.10 bits per heavy atom.